The van der Waals surface area contributed by atoms with Crippen LogP contribution in [0.1, 0.15) is 19.4 Å². The molecule has 0 amide bonds. The Morgan fingerprint density at radius 2 is 1.77 bits per heavy atom. The lowest BCUT2D eigenvalue weighted by molar-refractivity contribution is 0.419. The molecular formula is C22H23N3O4S2. The van der Waals surface area contributed by atoms with Crippen molar-refractivity contribution in [3.05, 3.63) is 48.0 Å². The number of hydrogen-bond donors (Lipinski definition) is 0. The summed E-state index contributed by atoms with van der Waals surface area (Å²) in [6.07, 6.45) is 2.02. The van der Waals surface area contributed by atoms with Gasteiger partial charge in [-0.1, -0.05) is 19.0 Å². The number of sulfonamides is 1. The van der Waals surface area contributed by atoms with Crippen LogP contribution in [0.2, 0.25) is 0 Å². The molecule has 4 rings (SSSR count). The van der Waals surface area contributed by atoms with Crippen molar-refractivity contribution in [1.82, 2.24) is 14.4 Å². The summed E-state index contributed by atoms with van der Waals surface area (Å²) in [4.78, 5) is 5.87. The average Bonchev–Trinajstić information content (AvgIpc) is 3.39. The number of fused-ring (bicyclic) bond motifs is 1. The van der Waals surface area contributed by atoms with Gasteiger partial charge in [-0.25, -0.2) is 8.42 Å². The van der Waals surface area contributed by atoms with E-state index in [0.29, 0.717) is 35.6 Å². The molecule has 0 spiro atoms. The summed E-state index contributed by atoms with van der Waals surface area (Å²) < 4.78 is 38.6. The first kappa shape index (κ1) is 21.6. The average molecular weight is 458 g/mol. The number of nitrogens with zero attached hydrogens (tertiary/aromatic N) is 3. The maximum atomic E-state index is 12.9. The predicted octanol–water partition coefficient (Wildman–Crippen LogP) is 5.21. The van der Waals surface area contributed by atoms with Crippen molar-refractivity contribution < 1.29 is 17.4 Å². The number of aryl methyl sites for hydroxylation is 1. The first-order chi connectivity index (χ1) is 14.9. The van der Waals surface area contributed by atoms with Gasteiger partial charge in [0.2, 0.25) is 15.8 Å². The quantitative estimate of drug-likeness (QED) is 0.352. The van der Waals surface area contributed by atoms with Gasteiger partial charge in [-0.2, -0.15) is 9.29 Å². The van der Waals surface area contributed by atoms with E-state index in [2.05, 4.69) is 10.1 Å². The number of furan rings is 1. The number of benzene rings is 2. The molecule has 0 unspecified atom stereocenters. The van der Waals surface area contributed by atoms with Gasteiger partial charge in [0.25, 0.3) is 5.89 Å². The number of aromatic nitrogens is 2. The Labute approximate surface area is 185 Å². The van der Waals surface area contributed by atoms with Crippen LogP contribution in [0, 0.1) is 6.92 Å². The van der Waals surface area contributed by atoms with Gasteiger partial charge in [-0.15, -0.1) is 11.8 Å². The normalized spacial score (nSPS) is 12.2. The lowest BCUT2D eigenvalue weighted by atomic mass is 10.1. The zero-order valence-electron chi connectivity index (χ0n) is 17.7. The molecule has 31 heavy (non-hydrogen) atoms. The first-order valence-corrected chi connectivity index (χ1v) is 12.6. The van der Waals surface area contributed by atoms with Crippen molar-refractivity contribution in [2.75, 3.05) is 19.3 Å². The number of thioether (sulfide) groups is 1. The van der Waals surface area contributed by atoms with Gasteiger partial charge in [0.05, 0.1) is 4.90 Å². The van der Waals surface area contributed by atoms with Crippen LogP contribution in [-0.4, -0.2) is 42.2 Å². The summed E-state index contributed by atoms with van der Waals surface area (Å²) in [5, 5.41) is 4.78. The second-order valence-corrected chi connectivity index (χ2v) is 9.77. The van der Waals surface area contributed by atoms with Crippen molar-refractivity contribution in [2.45, 2.75) is 30.6 Å². The van der Waals surface area contributed by atoms with E-state index in [9.17, 15) is 8.42 Å². The fourth-order valence-corrected chi connectivity index (χ4v) is 5.34. The van der Waals surface area contributed by atoms with E-state index in [4.69, 9.17) is 8.94 Å². The van der Waals surface area contributed by atoms with Gasteiger partial charge in [0, 0.05) is 34.5 Å². The van der Waals surface area contributed by atoms with Gasteiger partial charge < -0.3 is 8.94 Å². The fourth-order valence-electron chi connectivity index (χ4n) is 3.45. The summed E-state index contributed by atoms with van der Waals surface area (Å²) in [5.74, 6) is 1.16. The fraction of sp³-hybridized carbons (Fsp3) is 0.273. The first-order valence-electron chi connectivity index (χ1n) is 9.90. The van der Waals surface area contributed by atoms with Crippen LogP contribution in [0.15, 0.2) is 61.2 Å². The van der Waals surface area contributed by atoms with Gasteiger partial charge in [0.15, 0.2) is 5.76 Å². The molecule has 0 saturated heterocycles. The van der Waals surface area contributed by atoms with E-state index in [1.165, 1.54) is 4.31 Å². The van der Waals surface area contributed by atoms with E-state index in [0.717, 1.165) is 16.0 Å². The molecule has 0 atom stereocenters. The lowest BCUT2D eigenvalue weighted by Gasteiger charge is -2.18. The largest absolute Gasteiger partial charge is 0.451 e. The molecule has 2 aromatic heterocycles. The molecule has 0 aliphatic carbocycles. The highest BCUT2D eigenvalue weighted by atomic mass is 32.2. The molecule has 2 heterocycles. The molecule has 162 valence electrons. The second kappa shape index (κ2) is 8.49. The SMILES string of the molecule is CCN(CC)S(=O)(=O)c1ccc2oc(-c3nc(-c4ccc(SC)cc4)no3)c(C)c2c1. The molecule has 0 N–H and O–H groups in total. The minimum atomic E-state index is -3.56. The van der Waals surface area contributed by atoms with Crippen LogP contribution in [0.3, 0.4) is 0 Å². The highest BCUT2D eigenvalue weighted by molar-refractivity contribution is 7.98. The summed E-state index contributed by atoms with van der Waals surface area (Å²) in [6, 6.07) is 12.8. The molecular weight excluding hydrogens is 434 g/mol. The van der Waals surface area contributed by atoms with Gasteiger partial charge in [-0.05, 0) is 55.6 Å². The molecule has 0 aliphatic rings. The van der Waals surface area contributed by atoms with E-state index >= 15 is 0 Å². The van der Waals surface area contributed by atoms with Gasteiger partial charge >= 0.3 is 0 Å². The van der Waals surface area contributed by atoms with Gasteiger partial charge in [-0.3, -0.25) is 0 Å². The van der Waals surface area contributed by atoms with E-state index in [1.54, 1.807) is 30.0 Å². The topological polar surface area (TPSA) is 89.4 Å². The standard InChI is InChI=1S/C22H23N3O4S2/c1-5-25(6-2)31(26,27)17-11-12-19-18(13-17)14(3)20(28-19)22-23-21(24-29-22)15-7-9-16(30-4)10-8-15/h7-13H,5-6H2,1-4H3. The third kappa shape index (κ3) is 3.88. The van der Waals surface area contributed by atoms with E-state index in [-0.39, 0.29) is 10.8 Å². The Kier molecular flexibility index (Phi) is 5.92. The molecule has 7 nitrogen and oxygen atoms in total. The van der Waals surface area contributed by atoms with E-state index < -0.39 is 10.0 Å². The molecule has 0 radical (unpaired) electrons. The Morgan fingerprint density at radius 3 is 2.42 bits per heavy atom. The third-order valence-corrected chi connectivity index (χ3v) is 8.01. The van der Waals surface area contributed by atoms with Crippen LogP contribution in [-0.2, 0) is 10.0 Å². The summed E-state index contributed by atoms with van der Waals surface area (Å²) in [7, 11) is -3.56. The monoisotopic (exact) mass is 457 g/mol. The zero-order valence-corrected chi connectivity index (χ0v) is 19.4. The van der Waals surface area contributed by atoms with Crippen LogP contribution in [0.5, 0.6) is 0 Å². The number of hydrogen-bond acceptors (Lipinski definition) is 7. The van der Waals surface area contributed by atoms with Crippen LogP contribution in [0.25, 0.3) is 34.0 Å². The van der Waals surface area contributed by atoms with Crippen molar-refractivity contribution in [3.8, 4) is 23.0 Å². The van der Waals surface area contributed by atoms with Crippen molar-refractivity contribution in [1.29, 1.82) is 0 Å². The van der Waals surface area contributed by atoms with Crippen LogP contribution >= 0.6 is 11.8 Å². The van der Waals surface area contributed by atoms with Crippen molar-refractivity contribution >= 4 is 32.8 Å². The Hall–Kier alpha value is -2.62. The minimum Gasteiger partial charge on any atom is -0.451 e. The second-order valence-electron chi connectivity index (χ2n) is 6.96. The molecule has 2 aromatic carbocycles. The van der Waals surface area contributed by atoms with Crippen LogP contribution in [0.4, 0.5) is 0 Å². The number of rotatable bonds is 7. The molecule has 0 aliphatic heterocycles. The Balaban J connectivity index is 1.73. The zero-order chi connectivity index (χ0) is 22.2. The smallest absolute Gasteiger partial charge is 0.294 e. The Bertz CT molecular complexity index is 1320. The van der Waals surface area contributed by atoms with E-state index in [1.807, 2.05) is 51.3 Å². The van der Waals surface area contributed by atoms with Crippen molar-refractivity contribution in [3.63, 3.8) is 0 Å². The molecule has 9 heteroatoms. The molecule has 0 saturated carbocycles. The third-order valence-electron chi connectivity index (χ3n) is 5.22. The summed E-state index contributed by atoms with van der Waals surface area (Å²) in [6.45, 7) is 6.32. The van der Waals surface area contributed by atoms with Gasteiger partial charge in [0.1, 0.15) is 5.58 Å². The molecule has 4 aromatic rings. The Morgan fingerprint density at radius 1 is 1.06 bits per heavy atom. The lowest BCUT2D eigenvalue weighted by Crippen LogP contribution is -2.30. The highest BCUT2D eigenvalue weighted by Crippen LogP contribution is 2.35. The highest BCUT2D eigenvalue weighted by Gasteiger charge is 2.24. The van der Waals surface area contributed by atoms with Crippen LogP contribution < -0.4 is 0 Å². The predicted molar refractivity (Wildman–Crippen MR) is 122 cm³/mol. The maximum absolute atomic E-state index is 12.9. The summed E-state index contributed by atoms with van der Waals surface area (Å²) in [5.41, 5.74) is 2.16. The maximum Gasteiger partial charge on any atom is 0.294 e. The minimum absolute atomic E-state index is 0.235. The molecule has 0 fully saturated rings. The summed E-state index contributed by atoms with van der Waals surface area (Å²) >= 11 is 1.66. The molecule has 0 bridgehead atoms. The van der Waals surface area contributed by atoms with Crippen molar-refractivity contribution in [2.24, 2.45) is 0 Å².